The zero-order valence-corrected chi connectivity index (χ0v) is 16.3. The lowest BCUT2D eigenvalue weighted by atomic mass is 9.87. The predicted molar refractivity (Wildman–Crippen MR) is 97.7 cm³/mol. The first-order chi connectivity index (χ1) is 10.6. The molecule has 4 heterocycles. The Morgan fingerprint density at radius 1 is 0.739 bits per heavy atom. The third-order valence-electron chi connectivity index (χ3n) is 6.21. The molecule has 0 saturated carbocycles. The summed E-state index contributed by atoms with van der Waals surface area (Å²) in [4.78, 5) is 10.9. The molecule has 0 N–H and O–H groups in total. The lowest BCUT2D eigenvalue weighted by Crippen LogP contribution is -2.68. The molecule has 4 rings (SSSR count). The zero-order valence-electron chi connectivity index (χ0n) is 16.3. The van der Waals surface area contributed by atoms with Gasteiger partial charge in [0.25, 0.3) is 0 Å². The third kappa shape index (κ3) is 3.92. The third-order valence-corrected chi connectivity index (χ3v) is 6.21. The molecular formula is C19H38N4. The average Bonchev–Trinajstić information content (AvgIpc) is 2.46. The van der Waals surface area contributed by atoms with Crippen LogP contribution in [0.1, 0.15) is 54.4 Å². The summed E-state index contributed by atoms with van der Waals surface area (Å²) < 4.78 is 0. The first-order valence-corrected chi connectivity index (χ1v) is 9.63. The Labute approximate surface area is 143 Å². The van der Waals surface area contributed by atoms with Crippen LogP contribution in [0.2, 0.25) is 0 Å². The summed E-state index contributed by atoms with van der Waals surface area (Å²) in [6, 6.07) is 1.55. The van der Waals surface area contributed by atoms with Gasteiger partial charge in [0.15, 0.2) is 0 Å². The highest BCUT2D eigenvalue weighted by Gasteiger charge is 2.43. The van der Waals surface area contributed by atoms with Gasteiger partial charge in [0.05, 0.1) is 6.67 Å². The molecule has 0 aromatic carbocycles. The summed E-state index contributed by atoms with van der Waals surface area (Å²) in [5.41, 5.74) is 0.650. The second-order valence-corrected chi connectivity index (χ2v) is 9.90. The zero-order chi connectivity index (χ0) is 16.8. The van der Waals surface area contributed by atoms with E-state index in [2.05, 4.69) is 61.1 Å². The van der Waals surface area contributed by atoms with Crippen LogP contribution in [0.5, 0.6) is 0 Å². The van der Waals surface area contributed by atoms with E-state index in [1.807, 2.05) is 0 Å². The Morgan fingerprint density at radius 3 is 1.83 bits per heavy atom. The van der Waals surface area contributed by atoms with Crippen LogP contribution >= 0.6 is 0 Å². The molecule has 4 aliphatic rings. The Kier molecular flexibility index (Phi) is 4.83. The second-order valence-electron chi connectivity index (χ2n) is 9.90. The van der Waals surface area contributed by atoms with Crippen LogP contribution in [0.4, 0.5) is 0 Å². The topological polar surface area (TPSA) is 13.0 Å². The van der Waals surface area contributed by atoms with Crippen molar-refractivity contribution < 1.29 is 0 Å². The van der Waals surface area contributed by atoms with Crippen LogP contribution in [0.3, 0.4) is 0 Å². The number of nitrogens with zero attached hydrogens (tertiary/aromatic N) is 4. The second kappa shape index (κ2) is 6.29. The minimum atomic E-state index is 0.323. The first kappa shape index (κ1) is 17.7. The van der Waals surface area contributed by atoms with Crippen LogP contribution in [0, 0.1) is 0 Å². The fourth-order valence-corrected chi connectivity index (χ4v) is 4.73. The number of hydrogen-bond acceptors (Lipinski definition) is 4. The first-order valence-electron chi connectivity index (χ1n) is 9.63. The molecule has 4 saturated heterocycles. The molecule has 2 atom stereocenters. The van der Waals surface area contributed by atoms with Crippen LogP contribution in [-0.2, 0) is 0 Å². The van der Waals surface area contributed by atoms with Gasteiger partial charge in [-0.3, -0.25) is 19.6 Å². The molecule has 0 aliphatic carbocycles. The molecule has 4 aliphatic heterocycles. The van der Waals surface area contributed by atoms with Gasteiger partial charge in [-0.2, -0.15) is 0 Å². The molecule has 2 unspecified atom stereocenters. The summed E-state index contributed by atoms with van der Waals surface area (Å²) in [7, 11) is 0. The van der Waals surface area contributed by atoms with Crippen molar-refractivity contribution in [2.24, 2.45) is 0 Å². The highest BCUT2D eigenvalue weighted by Crippen LogP contribution is 2.33. The van der Waals surface area contributed by atoms with Crippen molar-refractivity contribution in [2.45, 2.75) is 77.5 Å². The monoisotopic (exact) mass is 322 g/mol. The van der Waals surface area contributed by atoms with Crippen molar-refractivity contribution in [3.05, 3.63) is 0 Å². The van der Waals surface area contributed by atoms with E-state index in [1.165, 1.54) is 58.8 Å². The average molecular weight is 323 g/mol. The van der Waals surface area contributed by atoms with Gasteiger partial charge in [-0.25, -0.2) is 0 Å². The van der Waals surface area contributed by atoms with Crippen molar-refractivity contribution in [1.29, 1.82) is 0 Å². The summed E-state index contributed by atoms with van der Waals surface area (Å²) in [6.07, 6.45) is 2.80. The van der Waals surface area contributed by atoms with E-state index in [0.29, 0.717) is 11.1 Å². The Morgan fingerprint density at radius 2 is 1.35 bits per heavy atom. The highest BCUT2D eigenvalue weighted by molar-refractivity contribution is 4.99. The lowest BCUT2D eigenvalue weighted by molar-refractivity contribution is -0.0855. The quantitative estimate of drug-likeness (QED) is 0.773. The summed E-state index contributed by atoms with van der Waals surface area (Å²) in [6.45, 7) is 22.8. The smallest absolute Gasteiger partial charge is 0.0511 e. The number of fused-ring (bicyclic) bond motifs is 3. The molecule has 0 radical (unpaired) electrons. The van der Waals surface area contributed by atoms with Gasteiger partial charge in [0.2, 0.25) is 0 Å². The number of rotatable bonds is 2. The number of piperidine rings is 2. The van der Waals surface area contributed by atoms with Gasteiger partial charge in [-0.05, 0) is 54.4 Å². The minimum Gasteiger partial charge on any atom is -0.296 e. The Balaban J connectivity index is 1.52. The van der Waals surface area contributed by atoms with Gasteiger partial charge in [-0.15, -0.1) is 0 Å². The van der Waals surface area contributed by atoms with E-state index in [9.17, 15) is 0 Å². The SMILES string of the molecule is CC(C)(C)N1CCN(CN2CC3CCC2CN3C(C)(C)C)CC1. The summed E-state index contributed by atoms with van der Waals surface area (Å²) >= 11 is 0. The molecule has 0 spiro atoms. The number of hydrogen-bond donors (Lipinski definition) is 0. The molecule has 0 aromatic rings. The van der Waals surface area contributed by atoms with Crippen molar-refractivity contribution in [2.75, 3.05) is 45.9 Å². The maximum Gasteiger partial charge on any atom is 0.0511 e. The van der Waals surface area contributed by atoms with Gasteiger partial charge < -0.3 is 0 Å². The van der Waals surface area contributed by atoms with E-state index in [1.54, 1.807) is 0 Å². The van der Waals surface area contributed by atoms with Gasteiger partial charge in [0.1, 0.15) is 0 Å². The molecule has 4 heteroatoms. The van der Waals surface area contributed by atoms with Crippen molar-refractivity contribution in [3.8, 4) is 0 Å². The Bertz CT molecular complexity index is 401. The molecule has 4 nitrogen and oxygen atoms in total. The molecule has 4 fully saturated rings. The molecule has 2 bridgehead atoms. The van der Waals surface area contributed by atoms with E-state index < -0.39 is 0 Å². The molecule has 23 heavy (non-hydrogen) atoms. The van der Waals surface area contributed by atoms with Gasteiger partial charge in [0, 0.05) is 62.4 Å². The maximum absolute atomic E-state index is 2.78. The van der Waals surface area contributed by atoms with Crippen LogP contribution in [-0.4, -0.2) is 88.7 Å². The van der Waals surface area contributed by atoms with E-state index >= 15 is 0 Å². The minimum absolute atomic E-state index is 0.323. The predicted octanol–water partition coefficient (Wildman–Crippen LogP) is 2.31. The molecule has 0 amide bonds. The van der Waals surface area contributed by atoms with E-state index in [-0.39, 0.29) is 0 Å². The van der Waals surface area contributed by atoms with Gasteiger partial charge >= 0.3 is 0 Å². The number of piperazine rings is 2. The Hall–Kier alpha value is -0.160. The fourth-order valence-electron chi connectivity index (χ4n) is 4.73. The lowest BCUT2D eigenvalue weighted by Gasteiger charge is -2.57. The van der Waals surface area contributed by atoms with Crippen LogP contribution < -0.4 is 0 Å². The van der Waals surface area contributed by atoms with E-state index in [0.717, 1.165) is 12.1 Å². The van der Waals surface area contributed by atoms with Crippen molar-refractivity contribution >= 4 is 0 Å². The van der Waals surface area contributed by atoms with Gasteiger partial charge in [-0.1, -0.05) is 0 Å². The molecule has 134 valence electrons. The summed E-state index contributed by atoms with van der Waals surface area (Å²) in [5.74, 6) is 0. The van der Waals surface area contributed by atoms with Crippen molar-refractivity contribution in [1.82, 2.24) is 19.6 Å². The summed E-state index contributed by atoms with van der Waals surface area (Å²) in [5, 5.41) is 0. The normalized spacial score (nSPS) is 32.6. The van der Waals surface area contributed by atoms with Crippen molar-refractivity contribution in [3.63, 3.8) is 0 Å². The largest absolute Gasteiger partial charge is 0.296 e. The highest BCUT2D eigenvalue weighted by atomic mass is 15.4. The molecular weight excluding hydrogens is 284 g/mol. The fraction of sp³-hybridized carbons (Fsp3) is 1.00. The van der Waals surface area contributed by atoms with Crippen LogP contribution in [0.25, 0.3) is 0 Å². The van der Waals surface area contributed by atoms with Crippen LogP contribution in [0.15, 0.2) is 0 Å². The standard InChI is InChI=1S/C19H38N4/c1-18(2,3)22-11-9-20(10-12-22)15-21-13-17-8-7-16(21)14-23(17)19(4,5)6/h16-17H,7-15H2,1-6H3. The molecule has 0 aromatic heterocycles. The van der Waals surface area contributed by atoms with E-state index in [4.69, 9.17) is 0 Å². The maximum atomic E-state index is 2.78.